The molecule has 1 aliphatic heterocycles. The minimum atomic E-state index is -3.43. The minimum absolute atomic E-state index is 0.295. The molecule has 0 bridgehead atoms. The van der Waals surface area contributed by atoms with Gasteiger partial charge in [0.1, 0.15) is 4.99 Å². The van der Waals surface area contributed by atoms with Gasteiger partial charge in [0.05, 0.1) is 0 Å². The lowest BCUT2D eigenvalue weighted by Gasteiger charge is -2.16. The fourth-order valence-corrected chi connectivity index (χ4v) is 3.28. The molecule has 0 unspecified atom stereocenters. The molecule has 1 fully saturated rings. The number of nitrogens with zero attached hydrogens (tertiary/aromatic N) is 1. The molecular formula is C11H15N3O2S2. The van der Waals surface area contributed by atoms with Crippen molar-refractivity contribution in [2.75, 3.05) is 17.8 Å². The van der Waals surface area contributed by atoms with E-state index in [4.69, 9.17) is 18.0 Å². The van der Waals surface area contributed by atoms with E-state index in [2.05, 4.69) is 4.72 Å². The molecule has 2 rings (SSSR count). The third-order valence-electron chi connectivity index (χ3n) is 2.82. The lowest BCUT2D eigenvalue weighted by atomic mass is 10.2. The summed E-state index contributed by atoms with van der Waals surface area (Å²) in [6.07, 6.45) is 1.84. The Balaban J connectivity index is 2.11. The topological polar surface area (TPSA) is 75.4 Å². The number of nitrogens with two attached hydrogens (primary N) is 1. The predicted molar refractivity (Wildman–Crippen MR) is 75.7 cm³/mol. The zero-order chi connectivity index (χ0) is 13.2. The second-order valence-electron chi connectivity index (χ2n) is 4.15. The number of hydrogen-bond donors (Lipinski definition) is 2. The van der Waals surface area contributed by atoms with Gasteiger partial charge in [-0.25, -0.2) is 0 Å². The van der Waals surface area contributed by atoms with Crippen molar-refractivity contribution in [3.05, 3.63) is 29.8 Å². The number of hydrogen-bond acceptors (Lipinski definition) is 3. The summed E-state index contributed by atoms with van der Waals surface area (Å²) in [5, 5.41) is 0. The van der Waals surface area contributed by atoms with Gasteiger partial charge in [0.15, 0.2) is 0 Å². The highest BCUT2D eigenvalue weighted by atomic mass is 32.2. The Bertz CT molecular complexity index is 534. The summed E-state index contributed by atoms with van der Waals surface area (Å²) in [6.45, 7) is 1.17. The van der Waals surface area contributed by atoms with Gasteiger partial charge in [0.25, 0.3) is 0 Å². The van der Waals surface area contributed by atoms with Crippen molar-refractivity contribution in [2.45, 2.75) is 12.8 Å². The molecule has 0 aromatic heterocycles. The van der Waals surface area contributed by atoms with E-state index in [1.807, 2.05) is 0 Å². The Kier molecular flexibility index (Phi) is 3.84. The molecular weight excluding hydrogens is 270 g/mol. The lowest BCUT2D eigenvalue weighted by Crippen LogP contribution is -2.33. The zero-order valence-corrected chi connectivity index (χ0v) is 11.4. The summed E-state index contributed by atoms with van der Waals surface area (Å²) >= 11 is 4.83. The minimum Gasteiger partial charge on any atom is -0.389 e. The average Bonchev–Trinajstić information content (AvgIpc) is 2.83. The van der Waals surface area contributed by atoms with E-state index < -0.39 is 10.2 Å². The number of benzene rings is 1. The van der Waals surface area contributed by atoms with Crippen molar-refractivity contribution in [3.8, 4) is 0 Å². The van der Waals surface area contributed by atoms with Crippen LogP contribution in [0, 0.1) is 0 Å². The van der Waals surface area contributed by atoms with Crippen LogP contribution < -0.4 is 10.5 Å². The maximum atomic E-state index is 12.0. The number of rotatable bonds is 4. The van der Waals surface area contributed by atoms with Crippen LogP contribution in [0.1, 0.15) is 18.4 Å². The van der Waals surface area contributed by atoms with Crippen molar-refractivity contribution < 1.29 is 8.42 Å². The SMILES string of the molecule is NC(=S)c1ccc(NS(=O)(=O)N2CCCC2)cc1. The lowest BCUT2D eigenvalue weighted by molar-refractivity contribution is 0.482. The first-order valence-electron chi connectivity index (χ1n) is 5.67. The van der Waals surface area contributed by atoms with Gasteiger partial charge in [-0.1, -0.05) is 12.2 Å². The fourth-order valence-electron chi connectivity index (χ4n) is 1.84. The molecule has 1 aliphatic rings. The first-order valence-corrected chi connectivity index (χ1v) is 7.51. The Morgan fingerprint density at radius 2 is 1.78 bits per heavy atom. The molecule has 18 heavy (non-hydrogen) atoms. The van der Waals surface area contributed by atoms with Gasteiger partial charge in [0, 0.05) is 24.3 Å². The van der Waals surface area contributed by atoms with E-state index in [-0.39, 0.29) is 0 Å². The molecule has 0 saturated carbocycles. The second-order valence-corrected chi connectivity index (χ2v) is 6.27. The zero-order valence-electron chi connectivity index (χ0n) is 9.80. The van der Waals surface area contributed by atoms with Crippen LogP contribution in [0.25, 0.3) is 0 Å². The van der Waals surface area contributed by atoms with Gasteiger partial charge >= 0.3 is 10.2 Å². The maximum absolute atomic E-state index is 12.0. The summed E-state index contributed by atoms with van der Waals surface area (Å²) in [6, 6.07) is 6.71. The largest absolute Gasteiger partial charge is 0.389 e. The van der Waals surface area contributed by atoms with Crippen molar-refractivity contribution >= 4 is 33.1 Å². The Morgan fingerprint density at radius 1 is 1.22 bits per heavy atom. The van der Waals surface area contributed by atoms with Crippen molar-refractivity contribution in [1.29, 1.82) is 0 Å². The Labute approximate surface area is 112 Å². The van der Waals surface area contributed by atoms with Crippen molar-refractivity contribution in [2.24, 2.45) is 5.73 Å². The standard InChI is InChI=1S/C11H15N3O2S2/c12-11(17)9-3-5-10(6-4-9)13-18(15,16)14-7-1-2-8-14/h3-6,13H,1-2,7-8H2,(H2,12,17). The molecule has 3 N–H and O–H groups in total. The summed E-state index contributed by atoms with van der Waals surface area (Å²) in [5.41, 5.74) is 6.71. The van der Waals surface area contributed by atoms with E-state index in [0.29, 0.717) is 29.3 Å². The molecule has 1 saturated heterocycles. The summed E-state index contributed by atoms with van der Waals surface area (Å²) in [5.74, 6) is 0. The Morgan fingerprint density at radius 3 is 2.28 bits per heavy atom. The summed E-state index contributed by atoms with van der Waals surface area (Å²) < 4.78 is 28.0. The fraction of sp³-hybridized carbons (Fsp3) is 0.364. The van der Waals surface area contributed by atoms with Crippen molar-refractivity contribution in [3.63, 3.8) is 0 Å². The van der Waals surface area contributed by atoms with Gasteiger partial charge in [-0.15, -0.1) is 0 Å². The number of nitrogens with one attached hydrogen (secondary N) is 1. The smallest absolute Gasteiger partial charge is 0.301 e. The van der Waals surface area contributed by atoms with Crippen molar-refractivity contribution in [1.82, 2.24) is 4.31 Å². The van der Waals surface area contributed by atoms with Gasteiger partial charge in [-0.2, -0.15) is 12.7 Å². The monoisotopic (exact) mass is 285 g/mol. The van der Waals surface area contributed by atoms with Gasteiger partial charge in [-0.05, 0) is 37.1 Å². The van der Waals surface area contributed by atoms with Gasteiger partial charge in [-0.3, -0.25) is 4.72 Å². The first-order chi connectivity index (χ1) is 8.49. The van der Waals surface area contributed by atoms with Crippen LogP contribution in [0.3, 0.4) is 0 Å². The number of thiocarbonyl (C=S) groups is 1. The molecule has 5 nitrogen and oxygen atoms in total. The Hall–Kier alpha value is -1.18. The molecule has 0 amide bonds. The van der Waals surface area contributed by atoms with E-state index in [1.165, 1.54) is 4.31 Å². The quantitative estimate of drug-likeness (QED) is 0.812. The van der Waals surface area contributed by atoms with Crippen LogP contribution in [-0.2, 0) is 10.2 Å². The third-order valence-corrected chi connectivity index (χ3v) is 4.60. The molecule has 1 aromatic rings. The maximum Gasteiger partial charge on any atom is 0.301 e. The second kappa shape index (κ2) is 5.21. The molecule has 98 valence electrons. The first kappa shape index (κ1) is 13.3. The predicted octanol–water partition coefficient (Wildman–Crippen LogP) is 1.07. The number of anilines is 1. The molecule has 0 atom stereocenters. The summed E-state index contributed by atoms with van der Waals surface area (Å²) in [4.78, 5) is 0.295. The molecule has 1 heterocycles. The molecule has 1 aromatic carbocycles. The highest BCUT2D eigenvalue weighted by Gasteiger charge is 2.24. The van der Waals surface area contributed by atoms with Crippen LogP contribution in [0.15, 0.2) is 24.3 Å². The van der Waals surface area contributed by atoms with Crippen LogP contribution in [-0.4, -0.2) is 30.8 Å². The highest BCUT2D eigenvalue weighted by Crippen LogP contribution is 2.17. The van der Waals surface area contributed by atoms with Crippen LogP contribution in [0.4, 0.5) is 5.69 Å². The molecule has 0 spiro atoms. The normalized spacial score (nSPS) is 16.7. The van der Waals surface area contributed by atoms with Crippen LogP contribution in [0.2, 0.25) is 0 Å². The van der Waals surface area contributed by atoms with Crippen LogP contribution in [0.5, 0.6) is 0 Å². The van der Waals surface area contributed by atoms with Gasteiger partial charge < -0.3 is 5.73 Å². The third kappa shape index (κ3) is 2.98. The summed E-state index contributed by atoms with van der Waals surface area (Å²) in [7, 11) is -3.43. The van der Waals surface area contributed by atoms with E-state index in [1.54, 1.807) is 24.3 Å². The van der Waals surface area contributed by atoms with E-state index in [0.717, 1.165) is 12.8 Å². The molecule has 0 aliphatic carbocycles. The molecule has 7 heteroatoms. The van der Waals surface area contributed by atoms with Crippen LogP contribution >= 0.6 is 12.2 Å². The average molecular weight is 285 g/mol. The highest BCUT2D eigenvalue weighted by molar-refractivity contribution is 7.90. The van der Waals surface area contributed by atoms with E-state index in [9.17, 15) is 8.42 Å². The molecule has 0 radical (unpaired) electrons. The van der Waals surface area contributed by atoms with E-state index >= 15 is 0 Å². The van der Waals surface area contributed by atoms with Gasteiger partial charge in [0.2, 0.25) is 0 Å².